The quantitative estimate of drug-likeness (QED) is 0.724. The van der Waals surface area contributed by atoms with E-state index in [-0.39, 0.29) is 5.92 Å². The molecule has 1 saturated heterocycles. The molecule has 1 fully saturated rings. The lowest BCUT2D eigenvalue weighted by Gasteiger charge is -2.20. The molecule has 0 aliphatic carbocycles. The van der Waals surface area contributed by atoms with Gasteiger partial charge in [0.2, 0.25) is 0 Å². The van der Waals surface area contributed by atoms with Crippen LogP contribution in [-0.4, -0.2) is 28.8 Å². The van der Waals surface area contributed by atoms with Crippen LogP contribution >= 0.6 is 0 Å². The van der Waals surface area contributed by atoms with Gasteiger partial charge in [-0.25, -0.2) is 0 Å². The third-order valence-electron chi connectivity index (χ3n) is 2.82. The number of hydrogen-bond acceptors (Lipinski definition) is 3. The van der Waals surface area contributed by atoms with Gasteiger partial charge in [-0.3, -0.25) is 9.48 Å². The van der Waals surface area contributed by atoms with Gasteiger partial charge >= 0.3 is 0 Å². The second-order valence-corrected chi connectivity index (χ2v) is 4.09. The van der Waals surface area contributed by atoms with E-state index in [1.807, 2.05) is 24.7 Å². The van der Waals surface area contributed by atoms with E-state index >= 15 is 0 Å². The molecule has 0 amide bonds. The molecule has 1 aliphatic rings. The summed E-state index contributed by atoms with van der Waals surface area (Å²) in [6.07, 6.45) is 1.30. The predicted octanol–water partition coefficient (Wildman–Crippen LogP) is 0.877. The van der Waals surface area contributed by atoms with Crippen molar-refractivity contribution in [3.8, 4) is 0 Å². The van der Waals surface area contributed by atoms with Gasteiger partial charge in [-0.1, -0.05) is 0 Å². The van der Waals surface area contributed by atoms with Crippen LogP contribution in [0.2, 0.25) is 0 Å². The largest absolute Gasteiger partial charge is 0.380 e. The molecule has 0 radical (unpaired) electrons. The number of ether oxygens (including phenoxy) is 1. The maximum atomic E-state index is 11.6. The van der Waals surface area contributed by atoms with E-state index in [2.05, 4.69) is 5.10 Å². The van der Waals surface area contributed by atoms with Crippen molar-refractivity contribution in [3.05, 3.63) is 17.5 Å². The third kappa shape index (κ3) is 2.26. The molecule has 1 aliphatic heterocycles. The summed E-state index contributed by atoms with van der Waals surface area (Å²) in [5.74, 6) is 0.341. The number of aromatic nitrogens is 2. The first kappa shape index (κ1) is 10.4. The average Bonchev–Trinajstić information content (AvgIpc) is 2.49. The minimum atomic E-state index is 0.0218. The molecule has 1 aromatic heterocycles. The molecule has 0 saturated carbocycles. The van der Waals surface area contributed by atoms with Gasteiger partial charge in [0, 0.05) is 31.5 Å². The molecule has 1 unspecified atom stereocenters. The summed E-state index contributed by atoms with van der Waals surface area (Å²) >= 11 is 0. The Morgan fingerprint density at radius 1 is 1.67 bits per heavy atom. The predicted molar refractivity (Wildman–Crippen MR) is 55.6 cm³/mol. The molecule has 4 heteroatoms. The van der Waals surface area contributed by atoms with Crippen molar-refractivity contribution in [1.29, 1.82) is 0 Å². The maximum Gasteiger partial charge on any atom is 0.140 e. The first-order chi connectivity index (χ1) is 7.16. The summed E-state index contributed by atoms with van der Waals surface area (Å²) in [5, 5.41) is 4.27. The maximum absolute atomic E-state index is 11.6. The zero-order valence-corrected chi connectivity index (χ0v) is 9.19. The fourth-order valence-corrected chi connectivity index (χ4v) is 1.98. The molecule has 0 N–H and O–H groups in total. The lowest BCUT2D eigenvalue weighted by molar-refractivity contribution is -0.130. The van der Waals surface area contributed by atoms with Crippen LogP contribution in [0.4, 0.5) is 0 Å². The van der Waals surface area contributed by atoms with Gasteiger partial charge in [-0.05, 0) is 13.0 Å². The van der Waals surface area contributed by atoms with Crippen LogP contribution in [0.3, 0.4) is 0 Å². The van der Waals surface area contributed by atoms with Crippen molar-refractivity contribution in [2.75, 3.05) is 13.2 Å². The molecule has 0 bridgehead atoms. The van der Waals surface area contributed by atoms with E-state index in [0.717, 1.165) is 17.8 Å². The van der Waals surface area contributed by atoms with E-state index in [0.29, 0.717) is 25.4 Å². The molecular weight excluding hydrogens is 192 g/mol. The standard InChI is InChI=1S/C11H16N2O2/c1-8-5-10(13(2)12-8)6-9-7-15-4-3-11(9)14/h5,9H,3-4,6-7H2,1-2H3. The Hall–Kier alpha value is -1.16. The number of rotatable bonds is 2. The Labute approximate surface area is 89.2 Å². The highest BCUT2D eigenvalue weighted by atomic mass is 16.5. The van der Waals surface area contributed by atoms with E-state index in [4.69, 9.17) is 4.74 Å². The van der Waals surface area contributed by atoms with Crippen LogP contribution < -0.4 is 0 Å². The van der Waals surface area contributed by atoms with Gasteiger partial charge in [0.05, 0.1) is 18.9 Å². The number of ketones is 1. The van der Waals surface area contributed by atoms with Crippen LogP contribution in [0.15, 0.2) is 6.07 Å². The van der Waals surface area contributed by atoms with Crippen molar-refractivity contribution >= 4 is 5.78 Å². The van der Waals surface area contributed by atoms with Gasteiger partial charge in [0.1, 0.15) is 5.78 Å². The van der Waals surface area contributed by atoms with Crippen molar-refractivity contribution in [1.82, 2.24) is 9.78 Å². The summed E-state index contributed by atoms with van der Waals surface area (Å²) in [6.45, 7) is 3.10. The Morgan fingerprint density at radius 3 is 3.07 bits per heavy atom. The van der Waals surface area contributed by atoms with Crippen molar-refractivity contribution in [2.45, 2.75) is 19.8 Å². The summed E-state index contributed by atoms with van der Waals surface area (Å²) in [5.41, 5.74) is 2.10. The van der Waals surface area contributed by atoms with E-state index in [1.54, 1.807) is 0 Å². The zero-order valence-electron chi connectivity index (χ0n) is 9.19. The Balaban J connectivity index is 2.07. The third-order valence-corrected chi connectivity index (χ3v) is 2.82. The molecule has 1 atom stereocenters. The van der Waals surface area contributed by atoms with Gasteiger partial charge in [0.25, 0.3) is 0 Å². The molecule has 15 heavy (non-hydrogen) atoms. The van der Waals surface area contributed by atoms with Crippen molar-refractivity contribution in [2.24, 2.45) is 13.0 Å². The Morgan fingerprint density at radius 2 is 2.47 bits per heavy atom. The molecule has 4 nitrogen and oxygen atoms in total. The first-order valence-corrected chi connectivity index (χ1v) is 5.27. The summed E-state index contributed by atoms with van der Waals surface area (Å²) in [4.78, 5) is 11.6. The highest BCUT2D eigenvalue weighted by molar-refractivity contribution is 5.82. The normalized spacial score (nSPS) is 22.0. The fourth-order valence-electron chi connectivity index (χ4n) is 1.98. The van der Waals surface area contributed by atoms with Crippen molar-refractivity contribution < 1.29 is 9.53 Å². The molecular formula is C11H16N2O2. The second kappa shape index (κ2) is 4.14. The number of carbonyl (C=O) groups is 1. The molecule has 2 heterocycles. The number of Topliss-reactive ketones (excluding diaryl/α,β-unsaturated/α-hetero) is 1. The number of nitrogens with zero attached hydrogens (tertiary/aromatic N) is 2. The molecule has 0 spiro atoms. The minimum Gasteiger partial charge on any atom is -0.380 e. The Bertz CT molecular complexity index is 371. The summed E-state index contributed by atoms with van der Waals surface area (Å²) < 4.78 is 7.17. The smallest absolute Gasteiger partial charge is 0.140 e. The van der Waals surface area contributed by atoms with Crippen molar-refractivity contribution in [3.63, 3.8) is 0 Å². The number of hydrogen-bond donors (Lipinski definition) is 0. The van der Waals surface area contributed by atoms with Crippen LogP contribution in [-0.2, 0) is 23.0 Å². The minimum absolute atomic E-state index is 0.0218. The highest BCUT2D eigenvalue weighted by Gasteiger charge is 2.24. The SMILES string of the molecule is Cc1cc(CC2COCCC2=O)n(C)n1. The van der Waals surface area contributed by atoms with Gasteiger partial charge < -0.3 is 4.74 Å². The van der Waals surface area contributed by atoms with Gasteiger partial charge in [-0.15, -0.1) is 0 Å². The Kier molecular flexibility index (Phi) is 2.86. The number of aryl methyl sites for hydroxylation is 2. The van der Waals surface area contributed by atoms with E-state index < -0.39 is 0 Å². The van der Waals surface area contributed by atoms with E-state index in [1.165, 1.54) is 0 Å². The monoisotopic (exact) mass is 208 g/mol. The number of carbonyl (C=O) groups excluding carboxylic acids is 1. The molecule has 2 rings (SSSR count). The molecule has 0 aromatic carbocycles. The van der Waals surface area contributed by atoms with Gasteiger partial charge in [-0.2, -0.15) is 5.10 Å². The topological polar surface area (TPSA) is 44.1 Å². The molecule has 1 aromatic rings. The second-order valence-electron chi connectivity index (χ2n) is 4.09. The fraction of sp³-hybridized carbons (Fsp3) is 0.636. The average molecular weight is 208 g/mol. The molecule has 82 valence electrons. The van der Waals surface area contributed by atoms with Crippen LogP contribution in [0.5, 0.6) is 0 Å². The lowest BCUT2D eigenvalue weighted by Crippen LogP contribution is -2.29. The summed E-state index contributed by atoms with van der Waals surface area (Å²) in [6, 6.07) is 2.03. The van der Waals surface area contributed by atoms with Crippen LogP contribution in [0.25, 0.3) is 0 Å². The lowest BCUT2D eigenvalue weighted by atomic mass is 9.95. The van der Waals surface area contributed by atoms with Gasteiger partial charge in [0.15, 0.2) is 0 Å². The highest BCUT2D eigenvalue weighted by Crippen LogP contribution is 2.16. The van der Waals surface area contributed by atoms with E-state index in [9.17, 15) is 4.79 Å². The van der Waals surface area contributed by atoms with Crippen LogP contribution in [0, 0.1) is 12.8 Å². The zero-order chi connectivity index (χ0) is 10.8. The van der Waals surface area contributed by atoms with Crippen LogP contribution in [0.1, 0.15) is 17.8 Å². The summed E-state index contributed by atoms with van der Waals surface area (Å²) in [7, 11) is 1.91. The first-order valence-electron chi connectivity index (χ1n) is 5.27.